The summed E-state index contributed by atoms with van der Waals surface area (Å²) in [5, 5.41) is 0. The summed E-state index contributed by atoms with van der Waals surface area (Å²) in [6.07, 6.45) is 5.39. The second-order valence-corrected chi connectivity index (χ2v) is 5.54. The number of nitrogens with one attached hydrogen (secondary N) is 1. The van der Waals surface area contributed by atoms with Crippen molar-refractivity contribution in [2.75, 3.05) is 6.54 Å². The van der Waals surface area contributed by atoms with E-state index in [4.69, 9.17) is 5.84 Å². The van der Waals surface area contributed by atoms with Gasteiger partial charge in [-0.15, -0.1) is 0 Å². The van der Waals surface area contributed by atoms with Crippen LogP contribution in [0.15, 0.2) is 24.3 Å². The van der Waals surface area contributed by atoms with E-state index in [-0.39, 0.29) is 18.2 Å². The van der Waals surface area contributed by atoms with E-state index >= 15 is 0 Å². The highest BCUT2D eigenvalue weighted by molar-refractivity contribution is 5.78. The number of rotatable bonds is 4. The van der Waals surface area contributed by atoms with Gasteiger partial charge in [-0.2, -0.15) is 0 Å². The van der Waals surface area contributed by atoms with Gasteiger partial charge in [-0.05, 0) is 24.0 Å². The van der Waals surface area contributed by atoms with Gasteiger partial charge in [-0.25, -0.2) is 5.84 Å². The van der Waals surface area contributed by atoms with Gasteiger partial charge in [0, 0.05) is 19.5 Å². The summed E-state index contributed by atoms with van der Waals surface area (Å²) < 4.78 is 0. The van der Waals surface area contributed by atoms with Crippen molar-refractivity contribution in [3.05, 3.63) is 35.4 Å². The number of hydrogen-bond acceptors (Lipinski definition) is 3. The van der Waals surface area contributed by atoms with Crippen LogP contribution in [-0.2, 0) is 22.6 Å². The summed E-state index contributed by atoms with van der Waals surface area (Å²) in [7, 11) is 0. The van der Waals surface area contributed by atoms with E-state index in [9.17, 15) is 9.59 Å². The molecule has 0 saturated carbocycles. The van der Waals surface area contributed by atoms with Crippen LogP contribution in [0.3, 0.4) is 0 Å². The second-order valence-electron chi connectivity index (χ2n) is 5.54. The van der Waals surface area contributed by atoms with Crippen molar-refractivity contribution in [3.8, 4) is 0 Å². The third kappa shape index (κ3) is 4.86. The van der Waals surface area contributed by atoms with E-state index in [1.807, 2.05) is 29.2 Å². The average Bonchev–Trinajstić information content (AvgIpc) is 2.48. The number of amides is 2. The molecule has 0 bridgehead atoms. The standard InChI is InChI=1S/C16H23N3O2/c17-18-15(20)11-13-6-8-14(9-7-13)12-19-10-4-2-1-3-5-16(19)21/h6-9H,1-5,10-12,17H2,(H,18,20). The monoisotopic (exact) mass is 289 g/mol. The zero-order chi connectivity index (χ0) is 15.1. The Balaban J connectivity index is 1.95. The maximum Gasteiger partial charge on any atom is 0.238 e. The molecule has 0 spiro atoms. The summed E-state index contributed by atoms with van der Waals surface area (Å²) in [6, 6.07) is 7.79. The number of nitrogens with two attached hydrogens (primary N) is 1. The van der Waals surface area contributed by atoms with Gasteiger partial charge in [0.1, 0.15) is 0 Å². The number of hydrazine groups is 1. The molecule has 2 rings (SSSR count). The van der Waals surface area contributed by atoms with Crippen LogP contribution in [0.1, 0.15) is 43.2 Å². The molecule has 0 aromatic heterocycles. The quantitative estimate of drug-likeness (QED) is 0.501. The number of hydrogen-bond donors (Lipinski definition) is 2. The van der Waals surface area contributed by atoms with Gasteiger partial charge in [-0.1, -0.05) is 37.1 Å². The van der Waals surface area contributed by atoms with Crippen molar-refractivity contribution >= 4 is 11.8 Å². The Morgan fingerprint density at radius 2 is 1.76 bits per heavy atom. The van der Waals surface area contributed by atoms with Crippen molar-refractivity contribution in [1.29, 1.82) is 0 Å². The summed E-state index contributed by atoms with van der Waals surface area (Å²) >= 11 is 0. The van der Waals surface area contributed by atoms with Gasteiger partial charge in [0.15, 0.2) is 0 Å². The molecular formula is C16H23N3O2. The van der Waals surface area contributed by atoms with Crippen LogP contribution < -0.4 is 11.3 Å². The van der Waals surface area contributed by atoms with Gasteiger partial charge >= 0.3 is 0 Å². The lowest BCUT2D eigenvalue weighted by molar-refractivity contribution is -0.132. The molecule has 1 aliphatic rings. The molecule has 1 aromatic carbocycles. The van der Waals surface area contributed by atoms with Gasteiger partial charge < -0.3 is 4.90 Å². The number of carbonyl (C=O) groups is 2. The van der Waals surface area contributed by atoms with Gasteiger partial charge in [0.2, 0.25) is 11.8 Å². The van der Waals surface area contributed by atoms with Crippen molar-refractivity contribution in [2.45, 2.75) is 45.1 Å². The molecular weight excluding hydrogens is 266 g/mol. The van der Waals surface area contributed by atoms with Crippen LogP contribution in [0, 0.1) is 0 Å². The molecule has 2 amide bonds. The third-order valence-corrected chi connectivity index (χ3v) is 3.84. The summed E-state index contributed by atoms with van der Waals surface area (Å²) in [5.74, 6) is 5.12. The Labute approximate surface area is 125 Å². The first-order valence-electron chi connectivity index (χ1n) is 7.54. The Bertz CT molecular complexity index is 485. The maximum atomic E-state index is 12.1. The predicted octanol–water partition coefficient (Wildman–Crippen LogP) is 1.51. The lowest BCUT2D eigenvalue weighted by Crippen LogP contribution is -2.32. The first-order chi connectivity index (χ1) is 10.2. The number of benzene rings is 1. The van der Waals surface area contributed by atoms with Crippen LogP contribution in [0.25, 0.3) is 0 Å². The first kappa shape index (κ1) is 15.5. The molecule has 21 heavy (non-hydrogen) atoms. The topological polar surface area (TPSA) is 75.4 Å². The summed E-state index contributed by atoms with van der Waals surface area (Å²) in [6.45, 7) is 1.50. The van der Waals surface area contributed by atoms with Crippen LogP contribution in [-0.4, -0.2) is 23.3 Å². The molecule has 0 unspecified atom stereocenters. The summed E-state index contributed by atoms with van der Waals surface area (Å²) in [5.41, 5.74) is 4.14. The third-order valence-electron chi connectivity index (χ3n) is 3.84. The first-order valence-corrected chi connectivity index (χ1v) is 7.54. The average molecular weight is 289 g/mol. The lowest BCUT2D eigenvalue weighted by Gasteiger charge is -2.25. The Kier molecular flexibility index (Phi) is 5.75. The molecule has 0 atom stereocenters. The molecule has 1 aromatic rings. The SMILES string of the molecule is NNC(=O)Cc1ccc(CN2CCCCCCC2=O)cc1. The van der Waals surface area contributed by atoms with Crippen molar-refractivity contribution in [3.63, 3.8) is 0 Å². The van der Waals surface area contributed by atoms with Crippen molar-refractivity contribution in [2.24, 2.45) is 5.84 Å². The zero-order valence-corrected chi connectivity index (χ0v) is 12.3. The van der Waals surface area contributed by atoms with Gasteiger partial charge in [0.25, 0.3) is 0 Å². The molecule has 1 saturated heterocycles. The fraction of sp³-hybridized carbons (Fsp3) is 0.500. The minimum absolute atomic E-state index is 0.207. The van der Waals surface area contributed by atoms with Gasteiger partial charge in [-0.3, -0.25) is 15.0 Å². The fourth-order valence-electron chi connectivity index (χ4n) is 2.60. The van der Waals surface area contributed by atoms with E-state index in [0.717, 1.165) is 36.9 Å². The molecule has 1 fully saturated rings. The highest BCUT2D eigenvalue weighted by atomic mass is 16.2. The zero-order valence-electron chi connectivity index (χ0n) is 12.3. The smallest absolute Gasteiger partial charge is 0.238 e. The Hall–Kier alpha value is -1.88. The van der Waals surface area contributed by atoms with Crippen LogP contribution in [0.4, 0.5) is 0 Å². The summed E-state index contributed by atoms with van der Waals surface area (Å²) in [4.78, 5) is 25.2. The molecule has 0 aliphatic carbocycles. The highest BCUT2D eigenvalue weighted by Crippen LogP contribution is 2.15. The number of carbonyl (C=O) groups excluding carboxylic acids is 2. The highest BCUT2D eigenvalue weighted by Gasteiger charge is 2.15. The van der Waals surface area contributed by atoms with Crippen molar-refractivity contribution < 1.29 is 9.59 Å². The van der Waals surface area contributed by atoms with E-state index in [0.29, 0.717) is 13.0 Å². The second kappa shape index (κ2) is 7.78. The van der Waals surface area contributed by atoms with E-state index < -0.39 is 0 Å². The molecule has 3 N–H and O–H groups in total. The fourth-order valence-corrected chi connectivity index (χ4v) is 2.60. The normalized spacial score (nSPS) is 16.2. The van der Waals surface area contributed by atoms with Crippen LogP contribution >= 0.6 is 0 Å². The minimum atomic E-state index is -0.207. The predicted molar refractivity (Wildman–Crippen MR) is 81.0 cm³/mol. The number of nitrogens with zero attached hydrogens (tertiary/aromatic N) is 1. The largest absolute Gasteiger partial charge is 0.338 e. The molecule has 0 radical (unpaired) electrons. The van der Waals surface area contributed by atoms with Crippen LogP contribution in [0.2, 0.25) is 0 Å². The Morgan fingerprint density at radius 3 is 2.48 bits per heavy atom. The molecule has 5 nitrogen and oxygen atoms in total. The molecule has 5 heteroatoms. The van der Waals surface area contributed by atoms with Crippen LogP contribution in [0.5, 0.6) is 0 Å². The van der Waals surface area contributed by atoms with E-state index in [1.54, 1.807) is 0 Å². The lowest BCUT2D eigenvalue weighted by atomic mass is 10.1. The molecule has 1 aliphatic heterocycles. The molecule has 114 valence electrons. The van der Waals surface area contributed by atoms with Crippen molar-refractivity contribution in [1.82, 2.24) is 10.3 Å². The minimum Gasteiger partial charge on any atom is -0.338 e. The Morgan fingerprint density at radius 1 is 1.10 bits per heavy atom. The number of likely N-dealkylation sites (tertiary alicyclic amines) is 1. The maximum absolute atomic E-state index is 12.1. The molecule has 1 heterocycles. The van der Waals surface area contributed by atoms with Gasteiger partial charge in [0.05, 0.1) is 6.42 Å². The van der Waals surface area contributed by atoms with E-state index in [2.05, 4.69) is 5.43 Å². The van der Waals surface area contributed by atoms with E-state index in [1.165, 1.54) is 6.42 Å².